The van der Waals surface area contributed by atoms with Gasteiger partial charge in [0, 0.05) is 36.5 Å². The summed E-state index contributed by atoms with van der Waals surface area (Å²) >= 11 is 0. The van der Waals surface area contributed by atoms with Gasteiger partial charge in [-0.1, -0.05) is 59.7 Å². The number of hydrogen-bond donors (Lipinski definition) is 2. The van der Waals surface area contributed by atoms with Gasteiger partial charge in [0.1, 0.15) is 11.5 Å². The molecule has 49 heavy (non-hydrogen) atoms. The average molecular weight is 684 g/mol. The summed E-state index contributed by atoms with van der Waals surface area (Å²) in [5, 5.41) is 15.8. The first-order valence-electron chi connectivity index (χ1n) is 15.7. The van der Waals surface area contributed by atoms with Crippen LogP contribution < -0.4 is 14.8 Å². The molecule has 0 aromatic heterocycles. The van der Waals surface area contributed by atoms with Gasteiger partial charge in [-0.15, -0.1) is 0 Å². The smallest absolute Gasteiger partial charge is 0.252 e. The number of rotatable bonds is 16. The molecule has 0 radical (unpaired) electrons. The van der Waals surface area contributed by atoms with Crippen molar-refractivity contribution in [1.29, 1.82) is 0 Å². The minimum Gasteiger partial charge on any atom is -0.497 e. The molecule has 1 aliphatic rings. The topological polar surface area (TPSA) is 172 Å². The Morgan fingerprint density at radius 3 is 2.39 bits per heavy atom. The number of azide groups is 1. The van der Waals surface area contributed by atoms with Gasteiger partial charge in [0.25, 0.3) is 5.91 Å². The second-order valence-corrected chi connectivity index (χ2v) is 13.4. The zero-order chi connectivity index (χ0) is 34.7. The summed E-state index contributed by atoms with van der Waals surface area (Å²) in [7, 11) is -2.28. The number of amides is 1. The predicted octanol–water partition coefficient (Wildman–Crippen LogP) is 5.70. The predicted molar refractivity (Wildman–Crippen MR) is 184 cm³/mol. The van der Waals surface area contributed by atoms with Gasteiger partial charge in [0.05, 0.1) is 30.9 Å². The molecule has 254 valence electrons. The third-order valence-electron chi connectivity index (χ3n) is 8.14. The van der Waals surface area contributed by atoms with E-state index in [9.17, 15) is 13.2 Å². The third kappa shape index (κ3) is 8.39. The van der Waals surface area contributed by atoms with Gasteiger partial charge in [0.2, 0.25) is 5.90 Å². The lowest BCUT2D eigenvalue weighted by Gasteiger charge is -2.31. The molecule has 0 unspecified atom stereocenters. The summed E-state index contributed by atoms with van der Waals surface area (Å²) in [6.07, 6.45) is -0.811. The molecule has 0 saturated heterocycles. The van der Waals surface area contributed by atoms with Crippen molar-refractivity contribution in [3.05, 3.63) is 136 Å². The Balaban J connectivity index is 1.58. The number of hydrogen-bond acceptors (Lipinski definition) is 9. The van der Waals surface area contributed by atoms with Gasteiger partial charge < -0.3 is 24.6 Å². The molecule has 0 fully saturated rings. The van der Waals surface area contributed by atoms with Crippen LogP contribution >= 0.6 is 0 Å². The Morgan fingerprint density at radius 1 is 1.00 bits per heavy atom. The van der Waals surface area contributed by atoms with Crippen molar-refractivity contribution in [3.8, 4) is 11.5 Å². The van der Waals surface area contributed by atoms with Gasteiger partial charge in [0.15, 0.2) is 21.5 Å². The molecule has 12 nitrogen and oxygen atoms in total. The lowest BCUT2D eigenvalue weighted by Crippen LogP contribution is -2.49. The van der Waals surface area contributed by atoms with Crippen LogP contribution in [0.3, 0.4) is 0 Å². The highest BCUT2D eigenvalue weighted by atomic mass is 32.2. The van der Waals surface area contributed by atoms with Crippen LogP contribution in [0.4, 0.5) is 0 Å². The van der Waals surface area contributed by atoms with Gasteiger partial charge in [-0.05, 0) is 70.8 Å². The van der Waals surface area contributed by atoms with Crippen LogP contribution in [-0.4, -0.2) is 56.9 Å². The fourth-order valence-electron chi connectivity index (χ4n) is 5.50. The number of aliphatic imine (C=N–C) groups is 1. The molecule has 1 aliphatic heterocycles. The Hall–Kier alpha value is -5.36. The molecule has 0 aliphatic carbocycles. The SMILES string of the molecule is COc1ccc(CNC(=O)[C@]2(CCS(=O)(=O)c3ccccc3)N=C(c3ccc(OCCCO)cc3)O[C@@H]2c2ccccc2CN=[N+]=[N-])cc1. The second kappa shape index (κ2) is 16.2. The third-order valence-corrected chi connectivity index (χ3v) is 9.87. The van der Waals surface area contributed by atoms with E-state index in [1.165, 1.54) is 12.1 Å². The number of nitrogens with zero attached hydrogens (tertiary/aromatic N) is 4. The summed E-state index contributed by atoms with van der Waals surface area (Å²) < 4.78 is 44.7. The van der Waals surface area contributed by atoms with Gasteiger partial charge >= 0.3 is 0 Å². The van der Waals surface area contributed by atoms with E-state index >= 15 is 0 Å². The van der Waals surface area contributed by atoms with Gasteiger partial charge in [-0.3, -0.25) is 4.79 Å². The van der Waals surface area contributed by atoms with Crippen molar-refractivity contribution in [1.82, 2.24) is 5.32 Å². The number of sulfone groups is 1. The molecule has 0 saturated carbocycles. The van der Waals surface area contributed by atoms with E-state index in [4.69, 9.17) is 29.8 Å². The van der Waals surface area contributed by atoms with Crippen molar-refractivity contribution in [3.63, 3.8) is 0 Å². The van der Waals surface area contributed by atoms with Gasteiger partial charge in [-0.2, -0.15) is 0 Å². The Labute approximate surface area is 284 Å². The number of aliphatic hydroxyl groups is 1. The highest BCUT2D eigenvalue weighted by Crippen LogP contribution is 2.44. The molecule has 1 amide bonds. The number of nitrogens with one attached hydrogen (secondary N) is 1. The Bertz CT molecular complexity index is 1910. The zero-order valence-electron chi connectivity index (χ0n) is 26.9. The number of carbonyl (C=O) groups excluding carboxylic acids is 1. The Kier molecular flexibility index (Phi) is 11.5. The summed E-state index contributed by atoms with van der Waals surface area (Å²) in [5.74, 6) is 0.443. The van der Waals surface area contributed by atoms with E-state index in [-0.39, 0.29) is 36.9 Å². The van der Waals surface area contributed by atoms with Crippen LogP contribution in [-0.2, 0) is 32.5 Å². The van der Waals surface area contributed by atoms with Crippen LogP contribution in [0.2, 0.25) is 0 Å². The van der Waals surface area contributed by atoms with Crippen molar-refractivity contribution in [2.24, 2.45) is 10.1 Å². The minimum atomic E-state index is -3.84. The van der Waals surface area contributed by atoms with Crippen LogP contribution in [0, 0.1) is 0 Å². The highest BCUT2D eigenvalue weighted by molar-refractivity contribution is 7.91. The molecule has 0 spiro atoms. The second-order valence-electron chi connectivity index (χ2n) is 11.3. The molecule has 5 rings (SSSR count). The van der Waals surface area contributed by atoms with Crippen molar-refractivity contribution >= 4 is 21.6 Å². The van der Waals surface area contributed by atoms with Gasteiger partial charge in [-0.25, -0.2) is 13.4 Å². The first-order valence-corrected chi connectivity index (χ1v) is 17.3. The molecule has 0 bridgehead atoms. The van der Waals surface area contributed by atoms with E-state index in [0.717, 1.165) is 5.56 Å². The number of carbonyl (C=O) groups is 1. The molecule has 4 aromatic carbocycles. The van der Waals surface area contributed by atoms with Crippen molar-refractivity contribution in [2.75, 3.05) is 26.1 Å². The normalized spacial score (nSPS) is 16.9. The van der Waals surface area contributed by atoms with E-state index in [1.54, 1.807) is 86.0 Å². The summed E-state index contributed by atoms with van der Waals surface area (Å²) in [6.45, 7) is 0.458. The molecule has 1 heterocycles. The average Bonchev–Trinajstić information content (AvgIpc) is 3.54. The largest absolute Gasteiger partial charge is 0.497 e. The molecular formula is C36H37N5O7S. The van der Waals surface area contributed by atoms with Crippen molar-refractivity contribution in [2.45, 2.75) is 42.5 Å². The number of methoxy groups -OCH3 is 1. The quantitative estimate of drug-likeness (QED) is 0.0659. The van der Waals surface area contributed by atoms with Crippen molar-refractivity contribution < 1.29 is 32.5 Å². The number of ether oxygens (including phenoxy) is 3. The zero-order valence-corrected chi connectivity index (χ0v) is 27.8. The summed E-state index contributed by atoms with van der Waals surface area (Å²) in [4.78, 5) is 22.5. The maximum atomic E-state index is 14.6. The fourth-order valence-corrected chi connectivity index (χ4v) is 6.89. The van der Waals surface area contributed by atoms with E-state index in [1.807, 2.05) is 12.1 Å². The maximum Gasteiger partial charge on any atom is 0.252 e. The maximum absolute atomic E-state index is 14.6. The minimum absolute atomic E-state index is 0.00781. The molecular weight excluding hydrogens is 646 g/mol. The van der Waals surface area contributed by atoms with Crippen LogP contribution in [0.5, 0.6) is 11.5 Å². The fraction of sp³-hybridized carbons (Fsp3) is 0.278. The number of aliphatic hydroxyl groups excluding tert-OH is 1. The summed E-state index contributed by atoms with van der Waals surface area (Å²) in [6, 6.07) is 29.3. The van der Waals surface area contributed by atoms with E-state index in [0.29, 0.717) is 41.2 Å². The Morgan fingerprint density at radius 2 is 1.69 bits per heavy atom. The van der Waals surface area contributed by atoms with Crippen LogP contribution in [0.15, 0.2) is 118 Å². The molecule has 2 atom stereocenters. The van der Waals surface area contributed by atoms with E-state index < -0.39 is 33.1 Å². The molecule has 2 N–H and O–H groups in total. The van der Waals surface area contributed by atoms with E-state index in [2.05, 4.69) is 15.3 Å². The summed E-state index contributed by atoms with van der Waals surface area (Å²) in [5.41, 5.74) is 9.83. The standard InChI is InChI=1S/C36H37N5O7S/c1-46-29-16-12-26(13-17-29)24-38-35(43)36(20-23-49(44,45)31-9-3-2-4-10-31)33(32-11-6-5-8-28(32)25-39-41-37)48-34(40-36)27-14-18-30(19-15-27)47-22-7-21-42/h2-6,8-19,33,42H,7,20-25H2,1H3,(H,38,43)/t33-,36-/m1/s1. The van der Waals surface area contributed by atoms with Crippen LogP contribution in [0.25, 0.3) is 10.4 Å². The lowest BCUT2D eigenvalue weighted by atomic mass is 9.83. The lowest BCUT2D eigenvalue weighted by molar-refractivity contribution is -0.129. The highest BCUT2D eigenvalue weighted by Gasteiger charge is 2.54. The molecule has 13 heteroatoms. The first kappa shape index (κ1) is 35.0. The number of benzene rings is 4. The molecule has 4 aromatic rings. The van der Waals surface area contributed by atoms with Crippen LogP contribution in [0.1, 0.15) is 41.2 Å². The first-order chi connectivity index (χ1) is 23.8. The monoisotopic (exact) mass is 683 g/mol.